The fraction of sp³-hybridized carbons (Fsp3) is 0.174. The summed E-state index contributed by atoms with van der Waals surface area (Å²) in [5.74, 6) is -0.580. The van der Waals surface area contributed by atoms with Crippen LogP contribution >= 0.6 is 11.6 Å². The highest BCUT2D eigenvalue weighted by molar-refractivity contribution is 6.30. The number of aromatic nitrogens is 3. The van der Waals surface area contributed by atoms with Gasteiger partial charge in [-0.2, -0.15) is 5.10 Å². The lowest BCUT2D eigenvalue weighted by Crippen LogP contribution is -2.23. The number of amides is 1. The number of rotatable bonds is 5. The maximum atomic E-state index is 13.0. The Balaban J connectivity index is 1.59. The molecule has 4 rings (SSSR count). The molecule has 0 atom stereocenters. The Bertz CT molecular complexity index is 1220. The van der Waals surface area contributed by atoms with E-state index in [-0.39, 0.29) is 11.7 Å². The minimum atomic E-state index is -0.308. The molecule has 0 saturated heterocycles. The monoisotopic (exact) mass is 422 g/mol. The van der Waals surface area contributed by atoms with E-state index in [1.807, 2.05) is 38.1 Å². The number of halogens is 2. The third kappa shape index (κ3) is 4.04. The second kappa shape index (κ2) is 8.24. The van der Waals surface area contributed by atoms with E-state index in [0.717, 1.165) is 28.1 Å². The zero-order valence-corrected chi connectivity index (χ0v) is 17.4. The fourth-order valence-electron chi connectivity index (χ4n) is 3.41. The van der Waals surface area contributed by atoms with Gasteiger partial charge in [0.25, 0.3) is 5.91 Å². The number of hydrogen-bond donors (Lipinski definition) is 1. The summed E-state index contributed by atoms with van der Waals surface area (Å²) in [6, 6.07) is 13.7. The topological polar surface area (TPSA) is 59.3 Å². The third-order valence-corrected chi connectivity index (χ3v) is 5.37. The summed E-state index contributed by atoms with van der Waals surface area (Å²) in [6.07, 6.45) is 2.23. The first-order valence-electron chi connectivity index (χ1n) is 9.53. The average Bonchev–Trinajstić information content (AvgIpc) is 3.16. The predicted molar refractivity (Wildman–Crippen MR) is 114 cm³/mol. The summed E-state index contributed by atoms with van der Waals surface area (Å²) < 4.78 is 14.7. The highest BCUT2D eigenvalue weighted by Crippen LogP contribution is 2.21. The van der Waals surface area contributed by atoms with Crippen molar-refractivity contribution in [1.29, 1.82) is 0 Å². The number of hydrogen-bond acceptors (Lipinski definition) is 3. The molecule has 0 aliphatic heterocycles. The largest absolute Gasteiger partial charge is 0.348 e. The summed E-state index contributed by atoms with van der Waals surface area (Å²) in [5, 5.41) is 7.93. The summed E-state index contributed by atoms with van der Waals surface area (Å²) in [4.78, 5) is 17.4. The molecule has 0 saturated carbocycles. The van der Waals surface area contributed by atoms with Crippen molar-refractivity contribution in [3.63, 3.8) is 0 Å². The number of nitrogens with zero attached hydrogens (tertiary/aromatic N) is 3. The Morgan fingerprint density at radius 3 is 2.43 bits per heavy atom. The van der Waals surface area contributed by atoms with Gasteiger partial charge in [-0.3, -0.25) is 4.79 Å². The molecule has 2 aromatic carbocycles. The van der Waals surface area contributed by atoms with Gasteiger partial charge in [0.15, 0.2) is 5.65 Å². The zero-order chi connectivity index (χ0) is 21.3. The minimum absolute atomic E-state index is 0.272. The van der Waals surface area contributed by atoms with Gasteiger partial charge in [0, 0.05) is 29.4 Å². The van der Waals surface area contributed by atoms with Crippen molar-refractivity contribution in [3.05, 3.63) is 99.2 Å². The van der Waals surface area contributed by atoms with Gasteiger partial charge in [-0.05, 0) is 54.8 Å². The van der Waals surface area contributed by atoms with Crippen LogP contribution < -0.4 is 5.32 Å². The van der Waals surface area contributed by atoms with Crippen LogP contribution in [0.2, 0.25) is 5.02 Å². The normalized spacial score (nSPS) is 11.1. The molecule has 0 radical (unpaired) electrons. The number of carbonyl (C=O) groups is 1. The van der Waals surface area contributed by atoms with Gasteiger partial charge in [0.2, 0.25) is 0 Å². The van der Waals surface area contributed by atoms with Crippen molar-refractivity contribution < 1.29 is 9.18 Å². The lowest BCUT2D eigenvalue weighted by atomic mass is 10.0. The van der Waals surface area contributed by atoms with Crippen molar-refractivity contribution >= 4 is 23.2 Å². The van der Waals surface area contributed by atoms with Crippen LogP contribution in [0.25, 0.3) is 5.65 Å². The molecule has 0 unspecified atom stereocenters. The van der Waals surface area contributed by atoms with Gasteiger partial charge in [0.1, 0.15) is 11.4 Å². The molecule has 4 aromatic rings. The van der Waals surface area contributed by atoms with Crippen molar-refractivity contribution in [2.75, 3.05) is 0 Å². The van der Waals surface area contributed by atoms with Gasteiger partial charge in [-0.1, -0.05) is 35.9 Å². The summed E-state index contributed by atoms with van der Waals surface area (Å²) in [5.41, 5.74) is 5.70. The van der Waals surface area contributed by atoms with E-state index >= 15 is 0 Å². The predicted octanol–water partition coefficient (Wildman–Crippen LogP) is 4.66. The Morgan fingerprint density at radius 2 is 1.73 bits per heavy atom. The standard InChI is InChI=1S/C23H20ClFN4O/c1-14-20(11-16-3-7-18(24)8-4-16)15(2)29-22(28-14)21(13-27-29)23(30)26-12-17-5-9-19(25)10-6-17/h3-10,13H,11-12H2,1-2H3,(H,26,30). The van der Waals surface area contributed by atoms with Gasteiger partial charge in [-0.25, -0.2) is 13.9 Å². The zero-order valence-electron chi connectivity index (χ0n) is 16.6. The molecule has 5 nitrogen and oxygen atoms in total. The smallest absolute Gasteiger partial charge is 0.257 e. The van der Waals surface area contributed by atoms with E-state index in [0.29, 0.717) is 29.2 Å². The highest BCUT2D eigenvalue weighted by Gasteiger charge is 2.18. The maximum Gasteiger partial charge on any atom is 0.257 e. The molecular weight excluding hydrogens is 403 g/mol. The van der Waals surface area contributed by atoms with Crippen molar-refractivity contribution in [2.24, 2.45) is 0 Å². The van der Waals surface area contributed by atoms with E-state index in [1.165, 1.54) is 18.3 Å². The van der Waals surface area contributed by atoms with Crippen LogP contribution in [0.3, 0.4) is 0 Å². The van der Waals surface area contributed by atoms with Gasteiger partial charge >= 0.3 is 0 Å². The molecular formula is C23H20ClFN4O. The highest BCUT2D eigenvalue weighted by atomic mass is 35.5. The molecule has 152 valence electrons. The molecule has 0 aliphatic carbocycles. The number of aryl methyl sites for hydroxylation is 2. The number of benzene rings is 2. The van der Waals surface area contributed by atoms with Crippen molar-refractivity contribution in [2.45, 2.75) is 26.8 Å². The molecule has 1 N–H and O–H groups in total. The number of fused-ring (bicyclic) bond motifs is 1. The second-order valence-electron chi connectivity index (χ2n) is 7.17. The van der Waals surface area contributed by atoms with E-state index in [9.17, 15) is 9.18 Å². The Kier molecular flexibility index (Phi) is 5.50. The minimum Gasteiger partial charge on any atom is -0.348 e. The van der Waals surface area contributed by atoms with Crippen LogP contribution in [0.1, 0.15) is 38.4 Å². The lowest BCUT2D eigenvalue weighted by Gasteiger charge is -2.12. The van der Waals surface area contributed by atoms with Gasteiger partial charge in [0.05, 0.1) is 6.20 Å². The molecule has 0 fully saturated rings. The SMILES string of the molecule is Cc1nc2c(C(=O)NCc3ccc(F)cc3)cnn2c(C)c1Cc1ccc(Cl)cc1. The third-order valence-electron chi connectivity index (χ3n) is 5.11. The fourth-order valence-corrected chi connectivity index (χ4v) is 3.54. The van der Waals surface area contributed by atoms with E-state index in [2.05, 4.69) is 15.4 Å². The molecule has 0 aliphatic rings. The number of nitrogens with one attached hydrogen (secondary N) is 1. The van der Waals surface area contributed by atoms with Gasteiger partial charge < -0.3 is 5.32 Å². The van der Waals surface area contributed by atoms with E-state index in [1.54, 1.807) is 16.6 Å². The summed E-state index contributed by atoms with van der Waals surface area (Å²) in [6.45, 7) is 4.20. The van der Waals surface area contributed by atoms with E-state index < -0.39 is 0 Å². The van der Waals surface area contributed by atoms with Crippen LogP contribution in [0, 0.1) is 19.7 Å². The molecule has 7 heteroatoms. The Labute approximate surface area is 178 Å². The molecule has 0 bridgehead atoms. The number of carbonyl (C=O) groups excluding carboxylic acids is 1. The molecule has 1 amide bonds. The lowest BCUT2D eigenvalue weighted by molar-refractivity contribution is 0.0952. The molecule has 30 heavy (non-hydrogen) atoms. The first-order valence-corrected chi connectivity index (χ1v) is 9.91. The Morgan fingerprint density at radius 1 is 1.07 bits per heavy atom. The average molecular weight is 423 g/mol. The summed E-state index contributed by atoms with van der Waals surface area (Å²) >= 11 is 5.98. The molecule has 2 aromatic heterocycles. The van der Waals surface area contributed by atoms with Crippen LogP contribution in [0.5, 0.6) is 0 Å². The van der Waals surface area contributed by atoms with Gasteiger partial charge in [-0.15, -0.1) is 0 Å². The van der Waals surface area contributed by atoms with Crippen LogP contribution in [-0.4, -0.2) is 20.5 Å². The molecule has 2 heterocycles. The quantitative estimate of drug-likeness (QED) is 0.509. The first kappa shape index (κ1) is 20.0. The summed E-state index contributed by atoms with van der Waals surface area (Å²) in [7, 11) is 0. The van der Waals surface area contributed by atoms with Crippen LogP contribution in [0.4, 0.5) is 4.39 Å². The van der Waals surface area contributed by atoms with E-state index in [4.69, 9.17) is 11.6 Å². The maximum absolute atomic E-state index is 13.0. The van der Waals surface area contributed by atoms with Crippen molar-refractivity contribution in [1.82, 2.24) is 19.9 Å². The van der Waals surface area contributed by atoms with Crippen LogP contribution in [0.15, 0.2) is 54.7 Å². The Hall–Kier alpha value is -3.25. The van der Waals surface area contributed by atoms with Crippen LogP contribution in [-0.2, 0) is 13.0 Å². The molecule has 0 spiro atoms. The second-order valence-corrected chi connectivity index (χ2v) is 7.60. The van der Waals surface area contributed by atoms with Crippen molar-refractivity contribution in [3.8, 4) is 0 Å². The first-order chi connectivity index (χ1) is 14.4.